The van der Waals surface area contributed by atoms with Gasteiger partial charge in [0, 0.05) is 18.7 Å². The fraction of sp³-hybridized carbons (Fsp3) is 0.333. The minimum absolute atomic E-state index is 0.187. The minimum Gasteiger partial charge on any atom is -0.497 e. The highest BCUT2D eigenvalue weighted by molar-refractivity contribution is 5.79. The maximum Gasteiger partial charge on any atom is 0.226 e. The van der Waals surface area contributed by atoms with Gasteiger partial charge < -0.3 is 24.7 Å². The van der Waals surface area contributed by atoms with Crippen LogP contribution in [0.3, 0.4) is 0 Å². The fourth-order valence-electron chi connectivity index (χ4n) is 3.21. The number of oxazole rings is 1. The summed E-state index contributed by atoms with van der Waals surface area (Å²) in [4.78, 5) is 11.4. The fourth-order valence-corrected chi connectivity index (χ4v) is 3.21. The molecule has 2 N–H and O–H groups in total. The highest BCUT2D eigenvalue weighted by Crippen LogP contribution is 2.21. The predicted molar refractivity (Wildman–Crippen MR) is 124 cm³/mol. The average Bonchev–Trinajstić information content (AvgIpc) is 3.27. The molecule has 0 aliphatic heterocycles. The maximum atomic E-state index is 5.61. The van der Waals surface area contributed by atoms with Crippen LogP contribution in [0, 0.1) is 0 Å². The zero-order valence-electron chi connectivity index (χ0n) is 18.6. The Hall–Kier alpha value is -3.32. The molecule has 1 atom stereocenters. The van der Waals surface area contributed by atoms with Gasteiger partial charge >= 0.3 is 0 Å². The van der Waals surface area contributed by atoms with Gasteiger partial charge in [-0.05, 0) is 50.8 Å². The quantitative estimate of drug-likeness (QED) is 0.405. The standard InChI is InChI=1S/C24H31N5O2/c1-5-25-24(26-15-20-17-31-23(28-20)19-9-7-6-8-10-19)27-16-22(29(2)3)18-11-13-21(30-4)14-12-18/h6-14,17,22H,5,15-16H2,1-4H3,(H2,25,26,27). The van der Waals surface area contributed by atoms with E-state index < -0.39 is 0 Å². The molecule has 1 unspecified atom stereocenters. The van der Waals surface area contributed by atoms with Crippen LogP contribution in [-0.4, -0.2) is 50.1 Å². The number of nitrogens with one attached hydrogen (secondary N) is 2. The van der Waals surface area contributed by atoms with Crippen molar-refractivity contribution in [1.82, 2.24) is 20.5 Å². The molecule has 164 valence electrons. The summed E-state index contributed by atoms with van der Waals surface area (Å²) in [5.41, 5.74) is 2.95. The SMILES string of the molecule is CCNC(=NCc1coc(-c2ccccc2)n1)NCC(c1ccc(OC)cc1)N(C)C. The summed E-state index contributed by atoms with van der Waals surface area (Å²) in [6.45, 7) is 3.96. The molecule has 3 aromatic rings. The second kappa shape index (κ2) is 11.2. The summed E-state index contributed by atoms with van der Waals surface area (Å²) in [6, 6.07) is 18.2. The van der Waals surface area contributed by atoms with E-state index in [0.717, 1.165) is 29.5 Å². The number of aromatic nitrogens is 1. The molecular weight excluding hydrogens is 390 g/mol. The molecule has 0 radical (unpaired) electrons. The van der Waals surface area contributed by atoms with E-state index in [1.807, 2.05) is 49.4 Å². The molecule has 31 heavy (non-hydrogen) atoms. The number of benzene rings is 2. The van der Waals surface area contributed by atoms with Gasteiger partial charge in [0.15, 0.2) is 5.96 Å². The van der Waals surface area contributed by atoms with Crippen LogP contribution in [0.4, 0.5) is 0 Å². The summed E-state index contributed by atoms with van der Waals surface area (Å²) in [7, 11) is 5.82. The summed E-state index contributed by atoms with van der Waals surface area (Å²) < 4.78 is 10.9. The number of methoxy groups -OCH3 is 1. The Morgan fingerprint density at radius 3 is 2.48 bits per heavy atom. The van der Waals surface area contributed by atoms with Crippen LogP contribution in [0.5, 0.6) is 5.75 Å². The second-order valence-corrected chi connectivity index (χ2v) is 7.34. The molecule has 1 aromatic heterocycles. The lowest BCUT2D eigenvalue weighted by Crippen LogP contribution is -2.41. The van der Waals surface area contributed by atoms with Crippen molar-refractivity contribution in [2.75, 3.05) is 34.3 Å². The largest absolute Gasteiger partial charge is 0.497 e. The van der Waals surface area contributed by atoms with Gasteiger partial charge in [0.2, 0.25) is 5.89 Å². The first kappa shape index (κ1) is 22.4. The Morgan fingerprint density at radius 2 is 1.84 bits per heavy atom. The van der Waals surface area contributed by atoms with Gasteiger partial charge in [-0.1, -0.05) is 30.3 Å². The summed E-state index contributed by atoms with van der Waals surface area (Å²) in [5.74, 6) is 2.20. The van der Waals surface area contributed by atoms with Crippen molar-refractivity contribution in [3.8, 4) is 17.2 Å². The normalized spacial score (nSPS) is 12.6. The number of nitrogens with zero attached hydrogens (tertiary/aromatic N) is 3. The van der Waals surface area contributed by atoms with Crippen LogP contribution in [-0.2, 0) is 6.54 Å². The molecule has 1 heterocycles. The Morgan fingerprint density at radius 1 is 1.10 bits per heavy atom. The van der Waals surface area contributed by atoms with Crippen LogP contribution in [0.25, 0.3) is 11.5 Å². The van der Waals surface area contributed by atoms with Gasteiger partial charge in [0.1, 0.15) is 17.7 Å². The van der Waals surface area contributed by atoms with Crippen LogP contribution >= 0.6 is 0 Å². The Kier molecular flexibility index (Phi) is 8.06. The topological polar surface area (TPSA) is 74.9 Å². The number of rotatable bonds is 9. The van der Waals surface area contributed by atoms with E-state index in [4.69, 9.17) is 9.15 Å². The van der Waals surface area contributed by atoms with E-state index in [1.165, 1.54) is 5.56 Å². The second-order valence-electron chi connectivity index (χ2n) is 7.34. The molecule has 0 bridgehead atoms. The third-order valence-electron chi connectivity index (χ3n) is 4.90. The van der Waals surface area contributed by atoms with E-state index >= 15 is 0 Å². The monoisotopic (exact) mass is 421 g/mol. The number of aliphatic imine (C=N–C) groups is 1. The smallest absolute Gasteiger partial charge is 0.226 e. The Balaban J connectivity index is 1.65. The molecule has 0 amide bonds. The molecule has 0 spiro atoms. The van der Waals surface area contributed by atoms with Crippen LogP contribution in [0.1, 0.15) is 24.2 Å². The van der Waals surface area contributed by atoms with Crippen molar-refractivity contribution < 1.29 is 9.15 Å². The predicted octanol–water partition coefficient (Wildman–Crippen LogP) is 3.71. The van der Waals surface area contributed by atoms with E-state index in [9.17, 15) is 0 Å². The molecule has 2 aromatic carbocycles. The van der Waals surface area contributed by atoms with Gasteiger partial charge in [-0.15, -0.1) is 0 Å². The molecule has 0 aliphatic rings. The number of likely N-dealkylation sites (N-methyl/N-ethyl adjacent to an activating group) is 1. The molecular formula is C24H31N5O2. The van der Waals surface area contributed by atoms with E-state index in [2.05, 4.69) is 51.7 Å². The number of ether oxygens (including phenoxy) is 1. The van der Waals surface area contributed by atoms with Crippen molar-refractivity contribution in [1.29, 1.82) is 0 Å². The lowest BCUT2D eigenvalue weighted by atomic mass is 10.1. The molecule has 0 saturated carbocycles. The zero-order chi connectivity index (χ0) is 22.1. The molecule has 7 nitrogen and oxygen atoms in total. The molecule has 0 aliphatic carbocycles. The number of hydrogen-bond donors (Lipinski definition) is 2. The van der Waals surface area contributed by atoms with Gasteiger partial charge in [-0.25, -0.2) is 9.98 Å². The van der Waals surface area contributed by atoms with E-state index in [-0.39, 0.29) is 6.04 Å². The third kappa shape index (κ3) is 6.33. The van der Waals surface area contributed by atoms with Crippen LogP contribution in [0.2, 0.25) is 0 Å². The summed E-state index contributed by atoms with van der Waals surface area (Å²) >= 11 is 0. The van der Waals surface area contributed by atoms with Gasteiger partial charge in [-0.2, -0.15) is 0 Å². The highest BCUT2D eigenvalue weighted by atomic mass is 16.5. The van der Waals surface area contributed by atoms with Crippen LogP contribution in [0.15, 0.2) is 70.3 Å². The molecule has 0 fully saturated rings. The van der Waals surface area contributed by atoms with E-state index in [0.29, 0.717) is 19.0 Å². The Labute approximate surface area is 184 Å². The van der Waals surface area contributed by atoms with Crippen molar-refractivity contribution in [2.45, 2.75) is 19.5 Å². The number of guanidine groups is 1. The number of hydrogen-bond acceptors (Lipinski definition) is 5. The van der Waals surface area contributed by atoms with Gasteiger partial charge in [-0.3, -0.25) is 0 Å². The Bertz CT molecular complexity index is 952. The minimum atomic E-state index is 0.187. The van der Waals surface area contributed by atoms with Crippen molar-refractivity contribution in [3.63, 3.8) is 0 Å². The highest BCUT2D eigenvalue weighted by Gasteiger charge is 2.15. The summed E-state index contributed by atoms with van der Waals surface area (Å²) in [6.07, 6.45) is 1.66. The van der Waals surface area contributed by atoms with Crippen molar-refractivity contribution in [3.05, 3.63) is 72.1 Å². The molecule has 7 heteroatoms. The van der Waals surface area contributed by atoms with Gasteiger partial charge in [0.25, 0.3) is 0 Å². The van der Waals surface area contributed by atoms with Crippen molar-refractivity contribution in [2.24, 2.45) is 4.99 Å². The first-order valence-electron chi connectivity index (χ1n) is 10.4. The zero-order valence-corrected chi connectivity index (χ0v) is 18.6. The van der Waals surface area contributed by atoms with Crippen LogP contribution < -0.4 is 15.4 Å². The lowest BCUT2D eigenvalue weighted by molar-refractivity contribution is 0.298. The lowest BCUT2D eigenvalue weighted by Gasteiger charge is -2.26. The first-order valence-corrected chi connectivity index (χ1v) is 10.4. The van der Waals surface area contributed by atoms with Gasteiger partial charge in [0.05, 0.1) is 19.7 Å². The molecule has 3 rings (SSSR count). The third-order valence-corrected chi connectivity index (χ3v) is 4.90. The molecule has 0 saturated heterocycles. The van der Waals surface area contributed by atoms with Crippen molar-refractivity contribution >= 4 is 5.96 Å². The summed E-state index contributed by atoms with van der Waals surface area (Å²) in [5, 5.41) is 6.74. The van der Waals surface area contributed by atoms with E-state index in [1.54, 1.807) is 13.4 Å². The average molecular weight is 422 g/mol. The maximum absolute atomic E-state index is 5.61. The first-order chi connectivity index (χ1) is 15.1.